The van der Waals surface area contributed by atoms with Crippen molar-refractivity contribution in [2.24, 2.45) is 0 Å². The molecule has 1 aromatic rings. The Hall–Kier alpha value is -0.740. The number of hydrogen-bond donors (Lipinski definition) is 1. The number of nitrogens with zero attached hydrogens (tertiary/aromatic N) is 2. The van der Waals surface area contributed by atoms with E-state index >= 15 is 0 Å². The predicted molar refractivity (Wildman–Crippen MR) is 73.4 cm³/mol. The molecule has 1 N–H and O–H groups in total. The van der Waals surface area contributed by atoms with Crippen LogP contribution in [0.4, 0.5) is 5.82 Å². The van der Waals surface area contributed by atoms with Gasteiger partial charge in [0.05, 0.1) is 0 Å². The standard InChI is InChI=1S/C12H21N3S/c1-10(13-2)11-6-5-7-14-12(11)15(3)8-9-16-4/h5-7,10,13H,8-9H2,1-4H3. The second-order valence-corrected chi connectivity index (χ2v) is 4.83. The van der Waals surface area contributed by atoms with Crippen molar-refractivity contribution in [3.05, 3.63) is 23.9 Å². The molecule has 1 unspecified atom stereocenters. The van der Waals surface area contributed by atoms with E-state index in [1.807, 2.05) is 31.1 Å². The van der Waals surface area contributed by atoms with Gasteiger partial charge in [-0.05, 0) is 26.3 Å². The first-order valence-electron chi connectivity index (χ1n) is 5.53. The fraction of sp³-hybridized carbons (Fsp3) is 0.583. The van der Waals surface area contributed by atoms with Gasteiger partial charge in [-0.25, -0.2) is 4.98 Å². The summed E-state index contributed by atoms with van der Waals surface area (Å²) in [6, 6.07) is 4.47. The summed E-state index contributed by atoms with van der Waals surface area (Å²) in [5.74, 6) is 2.21. The molecule has 4 heteroatoms. The van der Waals surface area contributed by atoms with Crippen molar-refractivity contribution in [1.29, 1.82) is 0 Å². The first kappa shape index (κ1) is 13.3. The fourth-order valence-electron chi connectivity index (χ4n) is 1.56. The third-order valence-electron chi connectivity index (χ3n) is 2.71. The van der Waals surface area contributed by atoms with E-state index in [0.717, 1.165) is 18.1 Å². The molecule has 0 radical (unpaired) electrons. The van der Waals surface area contributed by atoms with Gasteiger partial charge in [0.2, 0.25) is 0 Å². The Morgan fingerprint density at radius 3 is 2.94 bits per heavy atom. The van der Waals surface area contributed by atoms with Gasteiger partial charge in [0.15, 0.2) is 0 Å². The summed E-state index contributed by atoms with van der Waals surface area (Å²) in [7, 11) is 4.08. The van der Waals surface area contributed by atoms with E-state index in [2.05, 4.69) is 41.5 Å². The Kier molecular flexibility index (Phi) is 5.63. The van der Waals surface area contributed by atoms with Crippen molar-refractivity contribution in [1.82, 2.24) is 10.3 Å². The van der Waals surface area contributed by atoms with Crippen molar-refractivity contribution in [2.45, 2.75) is 13.0 Å². The fourth-order valence-corrected chi connectivity index (χ4v) is 2.01. The van der Waals surface area contributed by atoms with Crippen molar-refractivity contribution >= 4 is 17.6 Å². The molecule has 0 bridgehead atoms. The van der Waals surface area contributed by atoms with Gasteiger partial charge in [0, 0.05) is 37.1 Å². The van der Waals surface area contributed by atoms with E-state index in [-0.39, 0.29) is 0 Å². The summed E-state index contributed by atoms with van der Waals surface area (Å²) < 4.78 is 0. The van der Waals surface area contributed by atoms with Crippen LogP contribution in [0.3, 0.4) is 0 Å². The molecule has 90 valence electrons. The maximum Gasteiger partial charge on any atom is 0.133 e. The van der Waals surface area contributed by atoms with E-state index in [0.29, 0.717) is 6.04 Å². The van der Waals surface area contributed by atoms with Crippen LogP contribution in [0.15, 0.2) is 18.3 Å². The molecule has 0 aromatic carbocycles. The number of nitrogens with one attached hydrogen (secondary N) is 1. The van der Waals surface area contributed by atoms with E-state index in [1.165, 1.54) is 5.56 Å². The summed E-state index contributed by atoms with van der Waals surface area (Å²) in [4.78, 5) is 6.70. The molecule has 0 fully saturated rings. The summed E-state index contributed by atoms with van der Waals surface area (Å²) in [6.07, 6.45) is 3.99. The van der Waals surface area contributed by atoms with Crippen molar-refractivity contribution in [3.8, 4) is 0 Å². The molecule has 3 nitrogen and oxygen atoms in total. The second-order valence-electron chi connectivity index (χ2n) is 3.84. The minimum atomic E-state index is 0.334. The third-order valence-corrected chi connectivity index (χ3v) is 3.30. The van der Waals surface area contributed by atoms with Gasteiger partial charge in [-0.2, -0.15) is 11.8 Å². The van der Waals surface area contributed by atoms with Crippen LogP contribution in [0, 0.1) is 0 Å². The maximum atomic E-state index is 4.48. The Balaban J connectivity index is 2.85. The van der Waals surface area contributed by atoms with E-state index < -0.39 is 0 Å². The molecule has 1 aromatic heterocycles. The van der Waals surface area contributed by atoms with Crippen LogP contribution in [-0.2, 0) is 0 Å². The van der Waals surface area contributed by atoms with E-state index in [4.69, 9.17) is 0 Å². The number of anilines is 1. The van der Waals surface area contributed by atoms with Crippen molar-refractivity contribution in [3.63, 3.8) is 0 Å². The summed E-state index contributed by atoms with van der Waals surface area (Å²) >= 11 is 1.86. The monoisotopic (exact) mass is 239 g/mol. The van der Waals surface area contributed by atoms with Gasteiger partial charge in [-0.3, -0.25) is 0 Å². The second kappa shape index (κ2) is 6.76. The lowest BCUT2D eigenvalue weighted by molar-refractivity contribution is 0.647. The first-order chi connectivity index (χ1) is 7.70. The molecule has 16 heavy (non-hydrogen) atoms. The summed E-state index contributed by atoms with van der Waals surface area (Å²) in [6.45, 7) is 3.19. The molecule has 0 aliphatic heterocycles. The highest BCUT2D eigenvalue weighted by atomic mass is 32.2. The smallest absolute Gasteiger partial charge is 0.133 e. The lowest BCUT2D eigenvalue weighted by atomic mass is 10.1. The zero-order valence-electron chi connectivity index (χ0n) is 10.5. The predicted octanol–water partition coefficient (Wildman–Crippen LogP) is 2.16. The quantitative estimate of drug-likeness (QED) is 0.823. The van der Waals surface area contributed by atoms with Crippen LogP contribution < -0.4 is 10.2 Å². The van der Waals surface area contributed by atoms with Crippen molar-refractivity contribution in [2.75, 3.05) is 37.5 Å². The molecule has 0 saturated heterocycles. The van der Waals surface area contributed by atoms with E-state index in [9.17, 15) is 0 Å². The van der Waals surface area contributed by atoms with Gasteiger partial charge < -0.3 is 10.2 Å². The molecular weight excluding hydrogens is 218 g/mol. The van der Waals surface area contributed by atoms with Gasteiger partial charge >= 0.3 is 0 Å². The minimum absolute atomic E-state index is 0.334. The van der Waals surface area contributed by atoms with Crippen LogP contribution >= 0.6 is 11.8 Å². The SMILES string of the molecule is CNC(C)c1cccnc1N(C)CCSC. The number of aromatic nitrogens is 1. The highest BCUT2D eigenvalue weighted by Gasteiger charge is 2.12. The number of rotatable bonds is 6. The zero-order valence-corrected chi connectivity index (χ0v) is 11.3. The highest BCUT2D eigenvalue weighted by molar-refractivity contribution is 7.98. The van der Waals surface area contributed by atoms with Crippen LogP contribution in [0.25, 0.3) is 0 Å². The molecule has 0 aliphatic carbocycles. The molecule has 0 amide bonds. The van der Waals surface area contributed by atoms with Gasteiger partial charge in [0.25, 0.3) is 0 Å². The van der Waals surface area contributed by atoms with Crippen LogP contribution in [0.5, 0.6) is 0 Å². The Bertz CT molecular complexity index is 317. The molecule has 0 spiro atoms. The highest BCUT2D eigenvalue weighted by Crippen LogP contribution is 2.22. The van der Waals surface area contributed by atoms with E-state index in [1.54, 1.807) is 0 Å². The maximum absolute atomic E-state index is 4.48. The minimum Gasteiger partial charge on any atom is -0.359 e. The third kappa shape index (κ3) is 3.39. The molecule has 0 saturated carbocycles. The zero-order chi connectivity index (χ0) is 12.0. The topological polar surface area (TPSA) is 28.2 Å². The number of pyridine rings is 1. The lowest BCUT2D eigenvalue weighted by Crippen LogP contribution is -2.25. The summed E-state index contributed by atoms with van der Waals surface area (Å²) in [5, 5.41) is 3.26. The normalized spacial score (nSPS) is 12.5. The Morgan fingerprint density at radius 1 is 1.56 bits per heavy atom. The lowest BCUT2D eigenvalue weighted by Gasteiger charge is -2.23. The molecule has 1 atom stereocenters. The first-order valence-corrected chi connectivity index (χ1v) is 6.92. The van der Waals surface area contributed by atoms with Gasteiger partial charge in [-0.15, -0.1) is 0 Å². The molecule has 1 heterocycles. The van der Waals surface area contributed by atoms with Crippen LogP contribution in [0.2, 0.25) is 0 Å². The molecule has 0 aliphatic rings. The average Bonchev–Trinajstić information content (AvgIpc) is 2.35. The number of hydrogen-bond acceptors (Lipinski definition) is 4. The molecular formula is C12H21N3S. The molecule has 1 rings (SSSR count). The van der Waals surface area contributed by atoms with Gasteiger partial charge in [0.1, 0.15) is 5.82 Å². The largest absolute Gasteiger partial charge is 0.359 e. The Morgan fingerprint density at radius 2 is 2.31 bits per heavy atom. The number of thioether (sulfide) groups is 1. The van der Waals surface area contributed by atoms with Crippen molar-refractivity contribution < 1.29 is 0 Å². The Labute approximate surface area is 103 Å². The van der Waals surface area contributed by atoms with Crippen LogP contribution in [0.1, 0.15) is 18.5 Å². The van der Waals surface area contributed by atoms with Gasteiger partial charge in [-0.1, -0.05) is 6.07 Å². The van der Waals surface area contributed by atoms with Crippen LogP contribution in [-0.4, -0.2) is 37.6 Å². The summed E-state index contributed by atoms with van der Waals surface area (Å²) in [5.41, 5.74) is 1.26. The average molecular weight is 239 g/mol.